The zero-order chi connectivity index (χ0) is 13.8. The molecule has 0 aromatic carbocycles. The molecule has 0 saturated heterocycles. The highest BCUT2D eigenvalue weighted by Gasteiger charge is 2.27. The standard InChI is InChI=1S/C13H15ClN2O3/c14-11-7-8(4-5-15-11)12(17)16-10-3-1-2-9(6-10)13(18)19/h4-5,7,9-10H,1-3,6H2,(H,16,17)(H,18,19). The number of pyridine rings is 1. The molecule has 1 fully saturated rings. The molecule has 6 heteroatoms. The lowest BCUT2D eigenvalue weighted by atomic mass is 9.85. The Kier molecular flexibility index (Phi) is 4.37. The van der Waals surface area contributed by atoms with Crippen molar-refractivity contribution in [2.24, 2.45) is 5.92 Å². The molecule has 2 unspecified atom stereocenters. The largest absolute Gasteiger partial charge is 0.481 e. The number of halogens is 1. The number of amides is 1. The molecule has 1 saturated carbocycles. The maximum atomic E-state index is 12.0. The number of aliphatic carboxylic acids is 1. The average Bonchev–Trinajstić information content (AvgIpc) is 2.39. The van der Waals surface area contributed by atoms with E-state index in [0.717, 1.165) is 12.8 Å². The van der Waals surface area contributed by atoms with Crippen LogP contribution in [0.15, 0.2) is 18.3 Å². The zero-order valence-corrected chi connectivity index (χ0v) is 11.1. The van der Waals surface area contributed by atoms with Gasteiger partial charge in [0.15, 0.2) is 0 Å². The number of nitrogens with zero attached hydrogens (tertiary/aromatic N) is 1. The Labute approximate surface area is 116 Å². The first-order valence-electron chi connectivity index (χ1n) is 6.21. The predicted molar refractivity (Wildman–Crippen MR) is 70.1 cm³/mol. The summed E-state index contributed by atoms with van der Waals surface area (Å²) in [6.45, 7) is 0. The number of carboxylic acid groups (broad SMARTS) is 1. The highest BCUT2D eigenvalue weighted by molar-refractivity contribution is 6.29. The van der Waals surface area contributed by atoms with Crippen molar-refractivity contribution >= 4 is 23.5 Å². The van der Waals surface area contributed by atoms with Crippen molar-refractivity contribution in [3.05, 3.63) is 29.0 Å². The quantitative estimate of drug-likeness (QED) is 0.832. The van der Waals surface area contributed by atoms with Gasteiger partial charge in [0.1, 0.15) is 5.15 Å². The highest BCUT2D eigenvalue weighted by atomic mass is 35.5. The third-order valence-corrected chi connectivity index (χ3v) is 3.55. The monoisotopic (exact) mass is 282 g/mol. The van der Waals surface area contributed by atoms with Crippen LogP contribution in [0.3, 0.4) is 0 Å². The summed E-state index contributed by atoms with van der Waals surface area (Å²) in [5, 5.41) is 12.1. The van der Waals surface area contributed by atoms with Crippen LogP contribution in [0.4, 0.5) is 0 Å². The van der Waals surface area contributed by atoms with Crippen molar-refractivity contribution in [2.75, 3.05) is 0 Å². The number of hydrogen-bond donors (Lipinski definition) is 2. The molecule has 1 aromatic heterocycles. The van der Waals surface area contributed by atoms with Gasteiger partial charge in [-0.3, -0.25) is 9.59 Å². The summed E-state index contributed by atoms with van der Waals surface area (Å²) in [7, 11) is 0. The molecular weight excluding hydrogens is 268 g/mol. The molecule has 1 amide bonds. The molecule has 1 heterocycles. The maximum absolute atomic E-state index is 12.0. The SMILES string of the molecule is O=C(NC1CCCC(C(=O)O)C1)c1ccnc(Cl)c1. The molecule has 1 aromatic rings. The van der Waals surface area contributed by atoms with Crippen molar-refractivity contribution in [3.63, 3.8) is 0 Å². The fourth-order valence-corrected chi connectivity index (χ4v) is 2.53. The fourth-order valence-electron chi connectivity index (χ4n) is 2.36. The van der Waals surface area contributed by atoms with Gasteiger partial charge in [0, 0.05) is 17.8 Å². The zero-order valence-electron chi connectivity index (χ0n) is 10.3. The first-order valence-corrected chi connectivity index (χ1v) is 6.59. The molecule has 0 radical (unpaired) electrons. The Balaban J connectivity index is 1.97. The summed E-state index contributed by atoms with van der Waals surface area (Å²) in [5.41, 5.74) is 0.442. The summed E-state index contributed by atoms with van der Waals surface area (Å²) in [6.07, 6.45) is 4.27. The van der Waals surface area contributed by atoms with Crippen LogP contribution in [0.1, 0.15) is 36.0 Å². The number of carbonyl (C=O) groups excluding carboxylic acids is 1. The second kappa shape index (κ2) is 6.02. The first-order chi connectivity index (χ1) is 9.06. The molecule has 2 atom stereocenters. The van der Waals surface area contributed by atoms with Gasteiger partial charge in [-0.15, -0.1) is 0 Å². The fraction of sp³-hybridized carbons (Fsp3) is 0.462. The van der Waals surface area contributed by atoms with Gasteiger partial charge in [-0.2, -0.15) is 0 Å². The molecule has 5 nitrogen and oxygen atoms in total. The van der Waals surface area contributed by atoms with Crippen LogP contribution in [-0.2, 0) is 4.79 Å². The van der Waals surface area contributed by atoms with E-state index >= 15 is 0 Å². The minimum Gasteiger partial charge on any atom is -0.481 e. The first kappa shape index (κ1) is 13.8. The number of carboxylic acids is 1. The Morgan fingerprint density at radius 1 is 1.42 bits per heavy atom. The molecule has 0 spiro atoms. The Morgan fingerprint density at radius 2 is 2.21 bits per heavy atom. The van der Waals surface area contributed by atoms with Crippen molar-refractivity contribution in [3.8, 4) is 0 Å². The van der Waals surface area contributed by atoms with E-state index in [1.54, 1.807) is 6.07 Å². The van der Waals surface area contributed by atoms with Gasteiger partial charge < -0.3 is 10.4 Å². The predicted octanol–water partition coefficient (Wildman–Crippen LogP) is 2.11. The Hall–Kier alpha value is -1.62. The van der Waals surface area contributed by atoms with Gasteiger partial charge in [0.2, 0.25) is 0 Å². The summed E-state index contributed by atoms with van der Waals surface area (Å²) in [4.78, 5) is 26.8. The molecule has 0 bridgehead atoms. The molecule has 0 aliphatic heterocycles. The molecule has 102 valence electrons. The van der Waals surface area contributed by atoms with E-state index in [4.69, 9.17) is 16.7 Å². The van der Waals surface area contributed by atoms with Gasteiger partial charge in [0.05, 0.1) is 5.92 Å². The van der Waals surface area contributed by atoms with Crippen molar-refractivity contribution in [2.45, 2.75) is 31.7 Å². The minimum absolute atomic E-state index is 0.0886. The second-order valence-corrected chi connectivity index (χ2v) is 5.13. The van der Waals surface area contributed by atoms with Crippen LogP contribution in [0.5, 0.6) is 0 Å². The van der Waals surface area contributed by atoms with Gasteiger partial charge in [-0.1, -0.05) is 18.0 Å². The van der Waals surface area contributed by atoms with Gasteiger partial charge in [-0.05, 0) is 31.4 Å². The number of rotatable bonds is 3. The van der Waals surface area contributed by atoms with Crippen LogP contribution >= 0.6 is 11.6 Å². The van der Waals surface area contributed by atoms with Crippen molar-refractivity contribution < 1.29 is 14.7 Å². The lowest BCUT2D eigenvalue weighted by Crippen LogP contribution is -2.39. The van der Waals surface area contributed by atoms with E-state index in [-0.39, 0.29) is 23.0 Å². The van der Waals surface area contributed by atoms with Crippen molar-refractivity contribution in [1.82, 2.24) is 10.3 Å². The molecule has 1 aliphatic carbocycles. The molecule has 1 aliphatic rings. The van der Waals surface area contributed by atoms with Gasteiger partial charge in [-0.25, -0.2) is 4.98 Å². The Morgan fingerprint density at radius 3 is 2.89 bits per heavy atom. The third kappa shape index (κ3) is 3.67. The Bertz CT molecular complexity index is 493. The van der Waals surface area contributed by atoms with E-state index in [1.807, 2.05) is 0 Å². The van der Waals surface area contributed by atoms with Gasteiger partial charge in [0.25, 0.3) is 5.91 Å². The number of nitrogens with one attached hydrogen (secondary N) is 1. The van der Waals surface area contributed by atoms with E-state index in [0.29, 0.717) is 18.4 Å². The summed E-state index contributed by atoms with van der Waals surface area (Å²) >= 11 is 5.73. The van der Waals surface area contributed by atoms with Crippen LogP contribution in [0.25, 0.3) is 0 Å². The highest BCUT2D eigenvalue weighted by Crippen LogP contribution is 2.24. The smallest absolute Gasteiger partial charge is 0.306 e. The van der Waals surface area contributed by atoms with E-state index in [2.05, 4.69) is 10.3 Å². The van der Waals surface area contributed by atoms with Crippen LogP contribution in [0, 0.1) is 5.92 Å². The summed E-state index contributed by atoms with van der Waals surface area (Å²) < 4.78 is 0. The van der Waals surface area contributed by atoms with Crippen LogP contribution in [0.2, 0.25) is 5.15 Å². The van der Waals surface area contributed by atoms with E-state index < -0.39 is 5.97 Å². The third-order valence-electron chi connectivity index (χ3n) is 3.35. The number of hydrogen-bond acceptors (Lipinski definition) is 3. The van der Waals surface area contributed by atoms with E-state index in [9.17, 15) is 9.59 Å². The lowest BCUT2D eigenvalue weighted by molar-refractivity contribution is -0.143. The van der Waals surface area contributed by atoms with E-state index in [1.165, 1.54) is 12.3 Å². The summed E-state index contributed by atoms with van der Waals surface area (Å²) in [6, 6.07) is 2.99. The van der Waals surface area contributed by atoms with Crippen molar-refractivity contribution in [1.29, 1.82) is 0 Å². The van der Waals surface area contributed by atoms with Crippen LogP contribution < -0.4 is 5.32 Å². The van der Waals surface area contributed by atoms with Crippen LogP contribution in [-0.4, -0.2) is 28.0 Å². The lowest BCUT2D eigenvalue weighted by Gasteiger charge is -2.27. The van der Waals surface area contributed by atoms with Gasteiger partial charge >= 0.3 is 5.97 Å². The average molecular weight is 283 g/mol. The summed E-state index contributed by atoms with van der Waals surface area (Å²) in [5.74, 6) is -1.38. The molecule has 2 N–H and O–H groups in total. The molecule has 19 heavy (non-hydrogen) atoms. The minimum atomic E-state index is -0.786. The molecular formula is C13H15ClN2O3. The number of aromatic nitrogens is 1. The second-order valence-electron chi connectivity index (χ2n) is 4.74. The maximum Gasteiger partial charge on any atom is 0.306 e. The molecule has 2 rings (SSSR count). The normalized spacial score (nSPS) is 22.8. The number of carbonyl (C=O) groups is 2. The topological polar surface area (TPSA) is 79.3 Å².